The zero-order valence-corrected chi connectivity index (χ0v) is 13.4. The number of carbonyl (C=O) groups is 2. The summed E-state index contributed by atoms with van der Waals surface area (Å²) in [7, 11) is 0. The summed E-state index contributed by atoms with van der Waals surface area (Å²) in [6, 6.07) is 0.413. The maximum absolute atomic E-state index is 11.8. The van der Waals surface area contributed by atoms with Gasteiger partial charge in [0.05, 0.1) is 11.1 Å². The van der Waals surface area contributed by atoms with E-state index in [1.807, 2.05) is 0 Å². The molecule has 3 amide bonds. The predicted octanol–water partition coefficient (Wildman–Crippen LogP) is 1.33. The van der Waals surface area contributed by atoms with Crippen molar-refractivity contribution < 1.29 is 14.7 Å². The molecule has 0 aromatic carbocycles. The minimum absolute atomic E-state index is 0.193. The molecule has 120 valence electrons. The van der Waals surface area contributed by atoms with E-state index < -0.39 is 17.7 Å². The van der Waals surface area contributed by atoms with E-state index in [4.69, 9.17) is 28.9 Å². The van der Waals surface area contributed by atoms with Crippen LogP contribution in [0.2, 0.25) is 10.2 Å². The molecule has 0 radical (unpaired) electrons. The number of aromatic nitrogens is 1. The molecule has 1 saturated carbocycles. The smallest absolute Gasteiger partial charge is 0.320 e. The van der Waals surface area contributed by atoms with Gasteiger partial charge < -0.3 is 20.7 Å². The first-order valence-corrected chi connectivity index (χ1v) is 7.71. The predicted molar refractivity (Wildman–Crippen MR) is 80.9 cm³/mol. The van der Waals surface area contributed by atoms with Crippen LogP contribution in [0.5, 0.6) is 0 Å². The maximum atomic E-state index is 11.8. The van der Waals surface area contributed by atoms with E-state index in [1.54, 1.807) is 11.5 Å². The third-order valence-corrected chi connectivity index (χ3v) is 5.25. The van der Waals surface area contributed by atoms with Gasteiger partial charge in [0.1, 0.15) is 10.8 Å². The number of primary amides is 1. The molecule has 1 aliphatic heterocycles. The van der Waals surface area contributed by atoms with Crippen LogP contribution in [-0.4, -0.2) is 44.8 Å². The summed E-state index contributed by atoms with van der Waals surface area (Å²) in [6.07, 6.45) is 0.680. The van der Waals surface area contributed by atoms with E-state index in [-0.39, 0.29) is 34.4 Å². The molecule has 3 unspecified atom stereocenters. The standard InChI is InChI=1S/C13H16Cl2N4O3/c1-2-18-12(21)17-9-3-6(5-13(9,18)22)19-8(11(16)20)4-7(14)10(19)15/h4,6,9,22H,2-3,5H2,1H3,(H2,16,20)(H,17,21). The molecule has 4 N–H and O–H groups in total. The Morgan fingerprint density at radius 3 is 2.86 bits per heavy atom. The first-order chi connectivity index (χ1) is 10.3. The van der Waals surface area contributed by atoms with Gasteiger partial charge in [0.15, 0.2) is 5.72 Å². The van der Waals surface area contributed by atoms with Crippen molar-refractivity contribution in [2.24, 2.45) is 5.73 Å². The van der Waals surface area contributed by atoms with E-state index >= 15 is 0 Å². The third-order valence-electron chi connectivity index (χ3n) is 4.48. The molecule has 0 spiro atoms. The van der Waals surface area contributed by atoms with Crippen LogP contribution in [0.1, 0.15) is 36.3 Å². The zero-order chi connectivity index (χ0) is 16.2. The molecule has 7 nitrogen and oxygen atoms in total. The quantitative estimate of drug-likeness (QED) is 0.769. The zero-order valence-electron chi connectivity index (χ0n) is 11.8. The summed E-state index contributed by atoms with van der Waals surface area (Å²) in [6.45, 7) is 2.18. The van der Waals surface area contributed by atoms with Crippen molar-refractivity contribution in [3.8, 4) is 0 Å². The van der Waals surface area contributed by atoms with E-state index in [0.29, 0.717) is 13.0 Å². The van der Waals surface area contributed by atoms with Gasteiger partial charge in [-0.25, -0.2) is 4.79 Å². The van der Waals surface area contributed by atoms with Crippen molar-refractivity contribution in [1.29, 1.82) is 0 Å². The molecule has 2 aliphatic rings. The second-order valence-corrected chi connectivity index (χ2v) is 6.39. The molecule has 3 rings (SSSR count). The Balaban J connectivity index is 1.98. The highest BCUT2D eigenvalue weighted by Gasteiger charge is 2.57. The first-order valence-electron chi connectivity index (χ1n) is 6.96. The van der Waals surface area contributed by atoms with Crippen LogP contribution in [0, 0.1) is 0 Å². The van der Waals surface area contributed by atoms with Crippen molar-refractivity contribution in [3.63, 3.8) is 0 Å². The number of urea groups is 1. The van der Waals surface area contributed by atoms with Crippen molar-refractivity contribution >= 4 is 35.1 Å². The number of nitrogens with one attached hydrogen (secondary N) is 1. The number of halogens is 2. The summed E-state index contributed by atoms with van der Waals surface area (Å²) in [4.78, 5) is 24.8. The van der Waals surface area contributed by atoms with Crippen molar-refractivity contribution in [1.82, 2.24) is 14.8 Å². The SMILES string of the molecule is CCN1C(=O)NC2CC(n3c(C(N)=O)cc(Cl)c3Cl)CC21O. The number of fused-ring (bicyclic) bond motifs is 1. The second kappa shape index (κ2) is 5.04. The minimum atomic E-state index is -1.30. The molecule has 1 saturated heterocycles. The molecular formula is C13H16Cl2N4O3. The van der Waals surface area contributed by atoms with Gasteiger partial charge in [-0.15, -0.1) is 0 Å². The minimum Gasteiger partial charge on any atom is -0.369 e. The van der Waals surface area contributed by atoms with Crippen molar-refractivity contribution in [2.75, 3.05) is 6.54 Å². The van der Waals surface area contributed by atoms with E-state index in [9.17, 15) is 14.7 Å². The fraction of sp³-hybridized carbons (Fsp3) is 0.538. The summed E-state index contributed by atoms with van der Waals surface area (Å²) in [5.74, 6) is -0.644. The number of hydrogen-bond acceptors (Lipinski definition) is 3. The lowest BCUT2D eigenvalue weighted by molar-refractivity contribution is -0.0646. The van der Waals surface area contributed by atoms with Crippen LogP contribution in [0.3, 0.4) is 0 Å². The first kappa shape index (κ1) is 15.5. The van der Waals surface area contributed by atoms with Crippen LogP contribution < -0.4 is 11.1 Å². The maximum Gasteiger partial charge on any atom is 0.320 e. The summed E-state index contributed by atoms with van der Waals surface area (Å²) in [5, 5.41) is 14.1. The molecule has 2 fully saturated rings. The van der Waals surface area contributed by atoms with Crippen LogP contribution in [0.25, 0.3) is 0 Å². The van der Waals surface area contributed by atoms with Gasteiger partial charge in [0, 0.05) is 19.0 Å². The van der Waals surface area contributed by atoms with Gasteiger partial charge in [-0.05, 0) is 19.4 Å². The summed E-state index contributed by atoms with van der Waals surface area (Å²) in [5.41, 5.74) is 4.26. The van der Waals surface area contributed by atoms with Gasteiger partial charge >= 0.3 is 6.03 Å². The summed E-state index contributed by atoms with van der Waals surface area (Å²) < 4.78 is 1.54. The van der Waals surface area contributed by atoms with Gasteiger partial charge in [-0.1, -0.05) is 23.2 Å². The highest BCUT2D eigenvalue weighted by molar-refractivity contribution is 6.42. The lowest BCUT2D eigenvalue weighted by atomic mass is 10.1. The Kier molecular flexibility index (Phi) is 3.54. The third kappa shape index (κ3) is 2.00. The second-order valence-electron chi connectivity index (χ2n) is 5.62. The van der Waals surface area contributed by atoms with E-state index in [2.05, 4.69) is 5.32 Å². The normalized spacial score (nSPS) is 30.5. The number of amides is 3. The number of carbonyl (C=O) groups excluding carboxylic acids is 2. The molecule has 2 heterocycles. The Labute approximate surface area is 136 Å². The molecule has 3 atom stereocenters. The lowest BCUT2D eigenvalue weighted by Crippen LogP contribution is -2.48. The van der Waals surface area contributed by atoms with Crippen LogP contribution in [-0.2, 0) is 0 Å². The number of hydrogen-bond donors (Lipinski definition) is 3. The number of likely N-dealkylation sites (N-methyl/N-ethyl adjacent to an activating group) is 1. The average Bonchev–Trinajstić information content (AvgIpc) is 2.97. The van der Waals surface area contributed by atoms with Crippen molar-refractivity contribution in [2.45, 2.75) is 37.6 Å². The van der Waals surface area contributed by atoms with Gasteiger partial charge in [-0.3, -0.25) is 9.69 Å². The highest BCUT2D eigenvalue weighted by atomic mass is 35.5. The van der Waals surface area contributed by atoms with E-state index in [1.165, 1.54) is 11.0 Å². The Morgan fingerprint density at radius 1 is 1.59 bits per heavy atom. The lowest BCUT2D eigenvalue weighted by Gasteiger charge is -2.31. The molecule has 1 aliphatic carbocycles. The number of rotatable bonds is 3. The number of nitrogens with zero attached hydrogens (tertiary/aromatic N) is 2. The molecule has 22 heavy (non-hydrogen) atoms. The Bertz CT molecular complexity index is 662. The number of aliphatic hydroxyl groups is 1. The number of nitrogens with two attached hydrogens (primary N) is 1. The Hall–Kier alpha value is -1.44. The van der Waals surface area contributed by atoms with Gasteiger partial charge in [0.2, 0.25) is 0 Å². The monoisotopic (exact) mass is 346 g/mol. The average molecular weight is 347 g/mol. The fourth-order valence-corrected chi connectivity index (χ4v) is 4.02. The Morgan fingerprint density at radius 2 is 2.27 bits per heavy atom. The largest absolute Gasteiger partial charge is 0.369 e. The van der Waals surface area contributed by atoms with Crippen LogP contribution in [0.4, 0.5) is 4.79 Å². The van der Waals surface area contributed by atoms with Gasteiger partial charge in [0.25, 0.3) is 5.91 Å². The summed E-state index contributed by atoms with van der Waals surface area (Å²) >= 11 is 12.2. The molecule has 1 aromatic rings. The van der Waals surface area contributed by atoms with Gasteiger partial charge in [-0.2, -0.15) is 0 Å². The van der Waals surface area contributed by atoms with Crippen molar-refractivity contribution in [3.05, 3.63) is 21.9 Å². The molecular weight excluding hydrogens is 331 g/mol. The highest BCUT2D eigenvalue weighted by Crippen LogP contribution is 2.45. The topological polar surface area (TPSA) is 101 Å². The van der Waals surface area contributed by atoms with Crippen LogP contribution >= 0.6 is 23.2 Å². The van der Waals surface area contributed by atoms with E-state index in [0.717, 1.165) is 0 Å². The molecule has 1 aromatic heterocycles. The fourth-order valence-electron chi connectivity index (χ4n) is 3.54. The molecule has 9 heteroatoms. The molecule has 0 bridgehead atoms. The van der Waals surface area contributed by atoms with Crippen LogP contribution in [0.15, 0.2) is 6.07 Å².